The highest BCUT2D eigenvalue weighted by molar-refractivity contribution is 7.91. The van der Waals surface area contributed by atoms with Crippen molar-refractivity contribution in [3.63, 3.8) is 0 Å². The lowest BCUT2D eigenvalue weighted by Gasteiger charge is -2.31. The zero-order chi connectivity index (χ0) is 47.3. The summed E-state index contributed by atoms with van der Waals surface area (Å²) < 4.78 is 91.3. The van der Waals surface area contributed by atoms with Crippen molar-refractivity contribution < 1.29 is 49.5 Å². The van der Waals surface area contributed by atoms with Crippen LogP contribution in [0, 0.1) is 34.3 Å². The van der Waals surface area contributed by atoms with Gasteiger partial charge in [0, 0.05) is 18.4 Å². The van der Waals surface area contributed by atoms with Crippen LogP contribution in [0.25, 0.3) is 0 Å². The lowest BCUT2D eigenvalue weighted by atomic mass is 9.77. The quantitative estimate of drug-likeness (QED) is 0.0687. The van der Waals surface area contributed by atoms with E-state index in [2.05, 4.69) is 10.6 Å². The number of halogens is 2. The molecule has 3 aliphatic rings. The van der Waals surface area contributed by atoms with E-state index >= 15 is 0 Å². The Bertz CT molecular complexity index is 2090. The molecule has 0 bridgehead atoms. The number of sulfone groups is 2. The molecule has 1 saturated heterocycles. The molecule has 2 atom stereocenters. The van der Waals surface area contributed by atoms with Gasteiger partial charge in [-0.3, -0.25) is 14.9 Å². The van der Waals surface area contributed by atoms with Crippen LogP contribution in [0.2, 0.25) is 0 Å². The van der Waals surface area contributed by atoms with Gasteiger partial charge in [-0.1, -0.05) is 73.9 Å². The number of rotatable bonds is 26. The summed E-state index contributed by atoms with van der Waals surface area (Å²) in [5.41, 5.74) is 0.934. The first-order chi connectivity index (χ1) is 29.9. The lowest BCUT2D eigenvalue weighted by Crippen LogP contribution is -2.29. The van der Waals surface area contributed by atoms with Crippen molar-refractivity contribution in [2.24, 2.45) is 22.7 Å². The van der Waals surface area contributed by atoms with Gasteiger partial charge in [-0.05, 0) is 123 Å². The van der Waals surface area contributed by atoms with Gasteiger partial charge < -0.3 is 19.7 Å². The average Bonchev–Trinajstić information content (AvgIpc) is 4.14. The number of urea groups is 1. The van der Waals surface area contributed by atoms with E-state index in [-0.39, 0.29) is 88.9 Å². The zero-order valence-corrected chi connectivity index (χ0v) is 40.7. The number of carbonyl (C=O) groups excluding carboxylic acids is 3. The number of carbonyl (C=O) groups is 3. The van der Waals surface area contributed by atoms with Gasteiger partial charge in [0.15, 0.2) is 42.8 Å². The first-order valence-electron chi connectivity index (χ1n) is 23.0. The third-order valence-electron chi connectivity index (χ3n) is 11.9. The number of benzene rings is 2. The van der Waals surface area contributed by atoms with E-state index in [4.69, 9.17) is 9.47 Å². The predicted octanol–water partition coefficient (Wildman–Crippen LogP) is 9.03. The molecular formula is C49H77F2N3O9S2. The Kier molecular flexibility index (Phi) is 21.4. The van der Waals surface area contributed by atoms with Crippen molar-refractivity contribution in [2.45, 2.75) is 132 Å². The van der Waals surface area contributed by atoms with E-state index in [1.165, 1.54) is 24.0 Å². The highest BCUT2D eigenvalue weighted by Crippen LogP contribution is 2.40. The maximum absolute atomic E-state index is 14.2. The summed E-state index contributed by atoms with van der Waals surface area (Å²) in [5.74, 6) is 0.0210. The van der Waals surface area contributed by atoms with E-state index in [1.54, 1.807) is 24.3 Å². The monoisotopic (exact) mass is 954 g/mol. The Morgan fingerprint density at radius 3 is 1.57 bits per heavy atom. The molecule has 2 aromatic carbocycles. The second-order valence-electron chi connectivity index (χ2n) is 20.2. The first-order valence-corrected chi connectivity index (χ1v) is 26.6. The molecule has 1 heterocycles. The maximum Gasteiger partial charge on any atom is 0.324 e. The van der Waals surface area contributed by atoms with E-state index in [9.17, 15) is 40.0 Å². The standard InChI is InChI=1S/C24H35FN2O5S.C24H38FNO4S.CH4/c1-24(2,3)19(18-9-10-20(25)21(13-18)32-15-17-7-8-17)16-33(30,31)12-6-4-5-11-27-14-22(28)26-23(27)29;1-18(27)15-26-12-6-5-7-13-31(28,29)17-21(24(2,3)4)20-10-11-22(25)23(14-20)30-16-19-8-9-19;/h9-10,13,17,19H,4-8,11-12,14-16H2,1-3H3,(H,26,28,29);10-11,14,19,21,26H,5-9,12-13,15-17H2,1-4H3;1H4. The Morgan fingerprint density at radius 1 is 0.738 bits per heavy atom. The van der Waals surface area contributed by atoms with E-state index in [0.29, 0.717) is 70.4 Å². The van der Waals surface area contributed by atoms with Gasteiger partial charge in [0.05, 0.1) is 42.8 Å². The number of amides is 3. The van der Waals surface area contributed by atoms with Crippen LogP contribution in [-0.2, 0) is 29.3 Å². The van der Waals surface area contributed by atoms with Gasteiger partial charge in [0.25, 0.3) is 0 Å². The smallest absolute Gasteiger partial charge is 0.324 e. The van der Waals surface area contributed by atoms with E-state index in [1.807, 2.05) is 41.5 Å². The van der Waals surface area contributed by atoms with Crippen LogP contribution >= 0.6 is 0 Å². The first kappa shape index (κ1) is 55.7. The predicted molar refractivity (Wildman–Crippen MR) is 254 cm³/mol. The van der Waals surface area contributed by atoms with Crippen LogP contribution in [0.4, 0.5) is 13.6 Å². The minimum absolute atomic E-state index is 0. The molecule has 2 unspecified atom stereocenters. The summed E-state index contributed by atoms with van der Waals surface area (Å²) in [5, 5.41) is 5.27. The van der Waals surface area contributed by atoms with E-state index < -0.39 is 31.3 Å². The molecule has 2 N–H and O–H groups in total. The second kappa shape index (κ2) is 24.9. The molecular weight excluding hydrogens is 877 g/mol. The molecule has 2 saturated carbocycles. The topological polar surface area (TPSA) is 165 Å². The van der Waals surface area contributed by atoms with Gasteiger partial charge in [0.1, 0.15) is 12.3 Å². The number of ketones is 1. The third kappa shape index (κ3) is 20.4. The van der Waals surface area contributed by atoms with Crippen LogP contribution < -0.4 is 20.1 Å². The normalized spacial score (nSPS) is 16.5. The van der Waals surface area contributed by atoms with Crippen LogP contribution in [0.1, 0.15) is 143 Å². The third-order valence-corrected chi connectivity index (χ3v) is 15.4. The molecule has 0 radical (unpaired) electrons. The summed E-state index contributed by atoms with van der Waals surface area (Å²) in [4.78, 5) is 35.1. The molecule has 3 fully saturated rings. The van der Waals surface area contributed by atoms with Crippen molar-refractivity contribution in [1.82, 2.24) is 15.5 Å². The minimum atomic E-state index is -3.35. The van der Waals surface area contributed by atoms with E-state index in [0.717, 1.165) is 49.7 Å². The number of nitrogens with zero attached hydrogens (tertiary/aromatic N) is 1. The van der Waals surface area contributed by atoms with Crippen molar-refractivity contribution in [2.75, 3.05) is 62.4 Å². The molecule has 0 spiro atoms. The number of imide groups is 1. The maximum atomic E-state index is 14.2. The van der Waals surface area contributed by atoms with Crippen molar-refractivity contribution in [3.05, 3.63) is 59.2 Å². The van der Waals surface area contributed by atoms with Gasteiger partial charge in [0.2, 0.25) is 5.91 Å². The molecule has 65 heavy (non-hydrogen) atoms. The summed E-state index contributed by atoms with van der Waals surface area (Å²) in [6.45, 7) is 16.1. The Balaban J connectivity index is 0.000000341. The lowest BCUT2D eigenvalue weighted by molar-refractivity contribution is -0.118. The summed E-state index contributed by atoms with van der Waals surface area (Å²) in [6.07, 6.45) is 8.45. The fraction of sp³-hybridized carbons (Fsp3) is 0.694. The summed E-state index contributed by atoms with van der Waals surface area (Å²) in [6, 6.07) is 9.05. The number of ether oxygens (including phenoxy) is 2. The molecule has 16 heteroatoms. The minimum Gasteiger partial charge on any atom is -0.490 e. The molecule has 368 valence electrons. The van der Waals surface area contributed by atoms with Crippen molar-refractivity contribution in [1.29, 1.82) is 0 Å². The van der Waals surface area contributed by atoms with Gasteiger partial charge in [-0.2, -0.15) is 0 Å². The molecule has 5 rings (SSSR count). The fourth-order valence-corrected chi connectivity index (χ4v) is 11.5. The number of nitrogens with one attached hydrogen (secondary N) is 2. The van der Waals surface area contributed by atoms with Crippen molar-refractivity contribution in [3.8, 4) is 11.5 Å². The SMILES string of the molecule is C.CC(=O)CNCCCCCS(=O)(=O)CC(c1ccc(F)c(OCC2CC2)c1)C(C)(C)C.CC(C)(C)C(CS(=O)(=O)CCCCCN1CC(=O)NC1=O)c1ccc(F)c(OCC2CC2)c1. The van der Waals surface area contributed by atoms with Gasteiger partial charge in [-0.25, -0.2) is 30.4 Å². The van der Waals surface area contributed by atoms with Crippen LogP contribution in [0.15, 0.2) is 36.4 Å². The number of hydrogen-bond donors (Lipinski definition) is 2. The highest BCUT2D eigenvalue weighted by Gasteiger charge is 2.34. The Hall–Kier alpha value is -3.63. The van der Waals surface area contributed by atoms with Gasteiger partial charge >= 0.3 is 6.03 Å². The van der Waals surface area contributed by atoms with Crippen molar-refractivity contribution >= 4 is 37.4 Å². The second-order valence-corrected chi connectivity index (χ2v) is 24.7. The Morgan fingerprint density at radius 2 is 1.18 bits per heavy atom. The molecule has 1 aliphatic heterocycles. The number of unbranched alkanes of at least 4 members (excludes halogenated alkanes) is 4. The highest BCUT2D eigenvalue weighted by atomic mass is 32.2. The summed E-state index contributed by atoms with van der Waals surface area (Å²) >= 11 is 0. The van der Waals surface area contributed by atoms with Crippen LogP contribution in [0.5, 0.6) is 11.5 Å². The molecule has 2 aromatic rings. The zero-order valence-electron chi connectivity index (χ0n) is 39.1. The number of Topliss-reactive ketones (excluding diaryl/α,β-unsaturated/α-hetero) is 1. The molecule has 2 aliphatic carbocycles. The van der Waals surface area contributed by atoms with Gasteiger partial charge in [-0.15, -0.1) is 0 Å². The molecule has 0 aromatic heterocycles. The fourth-order valence-electron chi connectivity index (χ4n) is 7.52. The average molecular weight is 954 g/mol. The van der Waals surface area contributed by atoms with Crippen LogP contribution in [0.3, 0.4) is 0 Å². The largest absolute Gasteiger partial charge is 0.490 e. The molecule has 12 nitrogen and oxygen atoms in total. The van der Waals surface area contributed by atoms with Crippen LogP contribution in [-0.4, -0.2) is 102 Å². The molecule has 3 amide bonds. The number of hydrogen-bond acceptors (Lipinski definition) is 10. The Labute approximate surface area is 388 Å². The summed E-state index contributed by atoms with van der Waals surface area (Å²) in [7, 11) is -6.62.